The van der Waals surface area contributed by atoms with Gasteiger partial charge in [0.05, 0.1) is 17.8 Å². The zero-order valence-corrected chi connectivity index (χ0v) is 9.44. The number of pyridine rings is 1. The highest BCUT2D eigenvalue weighted by Crippen LogP contribution is 2.10. The molecule has 16 heavy (non-hydrogen) atoms. The first-order valence-electron chi connectivity index (χ1n) is 5.72. The van der Waals surface area contributed by atoms with E-state index < -0.39 is 0 Å². The Bertz CT molecular complexity index is 347. The summed E-state index contributed by atoms with van der Waals surface area (Å²) in [6.45, 7) is 2.89. The van der Waals surface area contributed by atoms with Crippen molar-refractivity contribution in [1.29, 1.82) is 0 Å². The third kappa shape index (κ3) is 2.58. The van der Waals surface area contributed by atoms with Gasteiger partial charge in [-0.1, -0.05) is 6.07 Å². The second-order valence-electron chi connectivity index (χ2n) is 4.13. The summed E-state index contributed by atoms with van der Waals surface area (Å²) in [6.07, 6.45) is 3.75. The average Bonchev–Trinajstić information content (AvgIpc) is 2.83. The van der Waals surface area contributed by atoms with Crippen molar-refractivity contribution in [3.63, 3.8) is 0 Å². The third-order valence-electron chi connectivity index (χ3n) is 2.87. The molecule has 1 aliphatic heterocycles. The molecule has 1 saturated heterocycles. The summed E-state index contributed by atoms with van der Waals surface area (Å²) >= 11 is 0. The quantitative estimate of drug-likeness (QED) is 0.797. The summed E-state index contributed by atoms with van der Waals surface area (Å²) < 4.78 is 0. The molecule has 1 aromatic heterocycles. The lowest BCUT2D eigenvalue weighted by molar-refractivity contribution is -0.123. The van der Waals surface area contributed by atoms with Crippen molar-refractivity contribution in [3.05, 3.63) is 30.1 Å². The highest BCUT2D eigenvalue weighted by Gasteiger charge is 2.23. The summed E-state index contributed by atoms with van der Waals surface area (Å²) in [4.78, 5) is 16.1. The van der Waals surface area contributed by atoms with Gasteiger partial charge in [0.25, 0.3) is 0 Å². The van der Waals surface area contributed by atoms with Crippen LogP contribution in [-0.4, -0.2) is 23.5 Å². The zero-order chi connectivity index (χ0) is 11.4. The van der Waals surface area contributed by atoms with E-state index in [1.807, 2.05) is 25.1 Å². The lowest BCUT2D eigenvalue weighted by atomic mass is 10.1. The van der Waals surface area contributed by atoms with E-state index in [2.05, 4.69) is 15.6 Å². The first-order chi connectivity index (χ1) is 7.77. The Kier molecular flexibility index (Phi) is 3.51. The Morgan fingerprint density at radius 1 is 1.62 bits per heavy atom. The molecule has 0 spiro atoms. The number of aromatic nitrogens is 1. The molecule has 4 nitrogen and oxygen atoms in total. The Balaban J connectivity index is 1.92. The minimum Gasteiger partial charge on any atom is -0.347 e. The normalized spacial score (nSPS) is 21.7. The fraction of sp³-hybridized carbons (Fsp3) is 0.500. The van der Waals surface area contributed by atoms with Gasteiger partial charge in [-0.15, -0.1) is 0 Å². The molecule has 2 heterocycles. The monoisotopic (exact) mass is 219 g/mol. The smallest absolute Gasteiger partial charge is 0.237 e. The predicted octanol–water partition coefficient (Wildman–Crippen LogP) is 1.01. The second-order valence-corrected chi connectivity index (χ2v) is 4.13. The Morgan fingerprint density at radius 2 is 2.50 bits per heavy atom. The molecule has 1 aromatic rings. The van der Waals surface area contributed by atoms with Crippen LogP contribution in [0.25, 0.3) is 0 Å². The molecule has 0 saturated carbocycles. The SMILES string of the molecule is C[C@H](NC(=O)[C@H]1CCCN1)c1ccccn1. The van der Waals surface area contributed by atoms with E-state index in [0.29, 0.717) is 0 Å². The molecule has 0 radical (unpaired) electrons. The van der Waals surface area contributed by atoms with Crippen molar-refractivity contribution in [2.75, 3.05) is 6.54 Å². The van der Waals surface area contributed by atoms with Crippen LogP contribution in [0.3, 0.4) is 0 Å². The standard InChI is InChI=1S/C12H17N3O/c1-9(10-5-2-3-7-13-10)15-12(16)11-6-4-8-14-11/h2-3,5,7,9,11,14H,4,6,8H2,1H3,(H,15,16)/t9-,11+/m0/s1. The second kappa shape index (κ2) is 5.07. The fourth-order valence-electron chi connectivity index (χ4n) is 1.93. The molecule has 1 amide bonds. The van der Waals surface area contributed by atoms with Gasteiger partial charge in [-0.05, 0) is 38.4 Å². The molecular weight excluding hydrogens is 202 g/mol. The molecule has 0 unspecified atom stereocenters. The van der Waals surface area contributed by atoms with Gasteiger partial charge in [0.1, 0.15) is 0 Å². The zero-order valence-electron chi connectivity index (χ0n) is 9.44. The Labute approximate surface area is 95.5 Å². The van der Waals surface area contributed by atoms with Crippen LogP contribution in [0.5, 0.6) is 0 Å². The van der Waals surface area contributed by atoms with E-state index in [1.165, 1.54) is 0 Å². The van der Waals surface area contributed by atoms with Crippen molar-refractivity contribution >= 4 is 5.91 Å². The largest absolute Gasteiger partial charge is 0.347 e. The van der Waals surface area contributed by atoms with Crippen molar-refractivity contribution < 1.29 is 4.79 Å². The summed E-state index contributed by atoms with van der Waals surface area (Å²) in [6, 6.07) is 5.67. The lowest BCUT2D eigenvalue weighted by Crippen LogP contribution is -2.41. The molecule has 86 valence electrons. The molecule has 0 bridgehead atoms. The molecule has 0 aliphatic carbocycles. The maximum Gasteiger partial charge on any atom is 0.237 e. The third-order valence-corrected chi connectivity index (χ3v) is 2.87. The van der Waals surface area contributed by atoms with Crippen molar-refractivity contribution in [2.45, 2.75) is 31.8 Å². The molecular formula is C12H17N3O. The van der Waals surface area contributed by atoms with Gasteiger partial charge < -0.3 is 10.6 Å². The van der Waals surface area contributed by atoms with Gasteiger partial charge in [-0.2, -0.15) is 0 Å². The number of nitrogens with zero attached hydrogens (tertiary/aromatic N) is 1. The molecule has 2 rings (SSSR count). The topological polar surface area (TPSA) is 54.0 Å². The average molecular weight is 219 g/mol. The van der Waals surface area contributed by atoms with E-state index >= 15 is 0 Å². The molecule has 2 N–H and O–H groups in total. The molecule has 1 aliphatic rings. The first kappa shape index (κ1) is 11.1. The number of carbonyl (C=O) groups is 1. The number of hydrogen-bond donors (Lipinski definition) is 2. The fourth-order valence-corrected chi connectivity index (χ4v) is 1.93. The summed E-state index contributed by atoms with van der Waals surface area (Å²) in [5, 5.41) is 6.15. The minimum atomic E-state index is -0.0314. The van der Waals surface area contributed by atoms with Crippen molar-refractivity contribution in [2.24, 2.45) is 0 Å². The molecule has 4 heteroatoms. The van der Waals surface area contributed by atoms with E-state index in [0.717, 1.165) is 25.1 Å². The maximum absolute atomic E-state index is 11.8. The van der Waals surface area contributed by atoms with Crippen LogP contribution < -0.4 is 10.6 Å². The van der Waals surface area contributed by atoms with E-state index in [-0.39, 0.29) is 18.0 Å². The highest BCUT2D eigenvalue weighted by atomic mass is 16.2. The maximum atomic E-state index is 11.8. The summed E-state index contributed by atoms with van der Waals surface area (Å²) in [5.74, 6) is 0.0793. The van der Waals surface area contributed by atoms with Crippen LogP contribution in [0.1, 0.15) is 31.5 Å². The minimum absolute atomic E-state index is 0.0221. The van der Waals surface area contributed by atoms with Crippen molar-refractivity contribution in [1.82, 2.24) is 15.6 Å². The van der Waals surface area contributed by atoms with Gasteiger partial charge in [0.15, 0.2) is 0 Å². The van der Waals surface area contributed by atoms with Gasteiger partial charge in [0.2, 0.25) is 5.91 Å². The predicted molar refractivity (Wildman–Crippen MR) is 61.8 cm³/mol. The van der Waals surface area contributed by atoms with Crippen LogP contribution in [0.2, 0.25) is 0 Å². The lowest BCUT2D eigenvalue weighted by Gasteiger charge is -2.16. The van der Waals surface area contributed by atoms with E-state index in [4.69, 9.17) is 0 Å². The first-order valence-corrected chi connectivity index (χ1v) is 5.72. The van der Waals surface area contributed by atoms with Gasteiger partial charge in [-0.25, -0.2) is 0 Å². The number of carbonyl (C=O) groups excluding carboxylic acids is 1. The molecule has 1 fully saturated rings. The Morgan fingerprint density at radius 3 is 3.12 bits per heavy atom. The summed E-state index contributed by atoms with van der Waals surface area (Å²) in [5.41, 5.74) is 0.897. The molecule has 2 atom stereocenters. The number of nitrogens with one attached hydrogen (secondary N) is 2. The van der Waals surface area contributed by atoms with Crippen LogP contribution in [0.4, 0.5) is 0 Å². The summed E-state index contributed by atoms with van der Waals surface area (Å²) in [7, 11) is 0. The Hall–Kier alpha value is -1.42. The number of hydrogen-bond acceptors (Lipinski definition) is 3. The van der Waals surface area contributed by atoms with Gasteiger partial charge in [0, 0.05) is 6.20 Å². The van der Waals surface area contributed by atoms with Crippen LogP contribution in [-0.2, 0) is 4.79 Å². The van der Waals surface area contributed by atoms with E-state index in [1.54, 1.807) is 6.20 Å². The molecule has 0 aromatic carbocycles. The van der Waals surface area contributed by atoms with Crippen molar-refractivity contribution in [3.8, 4) is 0 Å². The number of amides is 1. The van der Waals surface area contributed by atoms with E-state index in [9.17, 15) is 4.79 Å². The van der Waals surface area contributed by atoms with Crippen LogP contribution >= 0.6 is 0 Å². The highest BCUT2D eigenvalue weighted by molar-refractivity contribution is 5.82. The van der Waals surface area contributed by atoms with Crippen LogP contribution in [0, 0.1) is 0 Å². The van der Waals surface area contributed by atoms with Gasteiger partial charge >= 0.3 is 0 Å². The number of rotatable bonds is 3. The van der Waals surface area contributed by atoms with Crippen LogP contribution in [0.15, 0.2) is 24.4 Å². The van der Waals surface area contributed by atoms with Gasteiger partial charge in [-0.3, -0.25) is 9.78 Å².